The first-order valence-corrected chi connectivity index (χ1v) is 7.94. The highest BCUT2D eigenvalue weighted by atomic mass is 79.9. The number of rotatable bonds is 6. The van der Waals surface area contributed by atoms with Gasteiger partial charge in [-0.05, 0) is 50.2 Å². The lowest BCUT2D eigenvalue weighted by molar-refractivity contribution is -0.116. The average molecular weight is 363 g/mol. The lowest BCUT2D eigenvalue weighted by Crippen LogP contribution is -2.32. The van der Waals surface area contributed by atoms with Gasteiger partial charge < -0.3 is 15.4 Å². The van der Waals surface area contributed by atoms with E-state index in [9.17, 15) is 4.79 Å². The number of amides is 1. The molecule has 0 fully saturated rings. The van der Waals surface area contributed by atoms with E-state index in [1.54, 1.807) is 0 Å². The van der Waals surface area contributed by atoms with E-state index in [-0.39, 0.29) is 11.9 Å². The number of hydrogen-bond donors (Lipinski definition) is 2. The molecule has 2 aromatic rings. The van der Waals surface area contributed by atoms with Crippen LogP contribution in [0.15, 0.2) is 53.0 Å². The summed E-state index contributed by atoms with van der Waals surface area (Å²) in [5.41, 5.74) is 1.57. The molecule has 0 saturated heterocycles. The maximum Gasteiger partial charge on any atom is 0.246 e. The summed E-state index contributed by atoms with van der Waals surface area (Å²) in [6.45, 7) is 4.29. The zero-order chi connectivity index (χ0) is 15.9. The van der Waals surface area contributed by atoms with Crippen LogP contribution in [-0.2, 0) is 4.79 Å². The molecule has 116 valence electrons. The number of carbonyl (C=O) groups excluding carboxylic acids is 1. The van der Waals surface area contributed by atoms with E-state index >= 15 is 0 Å². The minimum atomic E-state index is -0.365. The smallest absolute Gasteiger partial charge is 0.246 e. The molecule has 0 aliphatic rings. The molecule has 0 aliphatic heterocycles. The fourth-order valence-corrected chi connectivity index (χ4v) is 2.22. The Balaban J connectivity index is 2.01. The van der Waals surface area contributed by atoms with Crippen molar-refractivity contribution in [3.8, 4) is 5.75 Å². The van der Waals surface area contributed by atoms with Crippen LogP contribution in [0.4, 0.5) is 11.4 Å². The van der Waals surface area contributed by atoms with Gasteiger partial charge in [0, 0.05) is 10.2 Å². The number of halogens is 1. The number of ether oxygens (including phenoxy) is 1. The summed E-state index contributed by atoms with van der Waals surface area (Å²) in [7, 11) is 0. The van der Waals surface area contributed by atoms with Crippen molar-refractivity contribution in [2.24, 2.45) is 0 Å². The first kappa shape index (κ1) is 16.4. The summed E-state index contributed by atoms with van der Waals surface area (Å²) in [4.78, 5) is 12.3. The van der Waals surface area contributed by atoms with E-state index in [0.29, 0.717) is 18.0 Å². The van der Waals surface area contributed by atoms with Crippen LogP contribution in [-0.4, -0.2) is 18.6 Å². The fraction of sp³-hybridized carbons (Fsp3) is 0.235. The molecule has 22 heavy (non-hydrogen) atoms. The van der Waals surface area contributed by atoms with Gasteiger partial charge in [0.2, 0.25) is 5.91 Å². The molecule has 0 bridgehead atoms. The minimum absolute atomic E-state index is 0.116. The standard InChI is InChI=1S/C17H19BrN2O2/c1-3-22-16-7-5-4-6-15(16)20-17(21)12(2)19-14-10-8-13(18)9-11-14/h4-12,19H,3H2,1-2H3,(H,20,21)/t12-/m0/s1. The first-order valence-electron chi connectivity index (χ1n) is 7.15. The van der Waals surface area contributed by atoms with Crippen molar-refractivity contribution in [3.05, 3.63) is 53.0 Å². The quantitative estimate of drug-likeness (QED) is 0.805. The van der Waals surface area contributed by atoms with Crippen molar-refractivity contribution < 1.29 is 9.53 Å². The van der Waals surface area contributed by atoms with Crippen LogP contribution >= 0.6 is 15.9 Å². The summed E-state index contributed by atoms with van der Waals surface area (Å²) in [5.74, 6) is 0.560. The van der Waals surface area contributed by atoms with Crippen molar-refractivity contribution in [3.63, 3.8) is 0 Å². The van der Waals surface area contributed by atoms with Crippen LogP contribution < -0.4 is 15.4 Å². The summed E-state index contributed by atoms with van der Waals surface area (Å²) in [6.07, 6.45) is 0. The lowest BCUT2D eigenvalue weighted by atomic mass is 10.2. The molecule has 0 heterocycles. The Kier molecular flexibility index (Phi) is 5.83. The molecule has 0 aromatic heterocycles. The number of anilines is 2. The van der Waals surface area contributed by atoms with Gasteiger partial charge in [-0.15, -0.1) is 0 Å². The second-order valence-corrected chi connectivity index (χ2v) is 5.71. The van der Waals surface area contributed by atoms with Crippen LogP contribution in [0, 0.1) is 0 Å². The highest BCUT2D eigenvalue weighted by molar-refractivity contribution is 9.10. The second-order valence-electron chi connectivity index (χ2n) is 4.79. The molecule has 2 rings (SSSR count). The van der Waals surface area contributed by atoms with E-state index in [0.717, 1.165) is 10.2 Å². The Morgan fingerprint density at radius 2 is 1.86 bits per heavy atom. The summed E-state index contributed by atoms with van der Waals surface area (Å²) in [5, 5.41) is 6.06. The zero-order valence-electron chi connectivity index (χ0n) is 12.6. The Labute approximate surface area is 139 Å². The van der Waals surface area contributed by atoms with Gasteiger partial charge in [0.05, 0.1) is 12.3 Å². The SMILES string of the molecule is CCOc1ccccc1NC(=O)[C@H](C)Nc1ccc(Br)cc1. The Hall–Kier alpha value is -2.01. The minimum Gasteiger partial charge on any atom is -0.492 e. The van der Waals surface area contributed by atoms with Crippen LogP contribution in [0.3, 0.4) is 0 Å². The Bertz CT molecular complexity index is 629. The van der Waals surface area contributed by atoms with Gasteiger partial charge in [-0.2, -0.15) is 0 Å². The molecule has 0 saturated carbocycles. The van der Waals surface area contributed by atoms with Gasteiger partial charge >= 0.3 is 0 Å². The van der Waals surface area contributed by atoms with Crippen molar-refractivity contribution in [2.75, 3.05) is 17.2 Å². The molecule has 0 spiro atoms. The molecule has 1 atom stereocenters. The van der Waals surface area contributed by atoms with Gasteiger partial charge in [-0.25, -0.2) is 0 Å². The van der Waals surface area contributed by atoms with Crippen molar-refractivity contribution in [2.45, 2.75) is 19.9 Å². The molecule has 0 radical (unpaired) electrons. The van der Waals surface area contributed by atoms with Crippen LogP contribution in [0.25, 0.3) is 0 Å². The van der Waals surface area contributed by atoms with Crippen LogP contribution in [0.5, 0.6) is 5.75 Å². The number of para-hydroxylation sites is 2. The maximum atomic E-state index is 12.3. The molecule has 0 aliphatic carbocycles. The van der Waals surface area contributed by atoms with Gasteiger partial charge in [-0.1, -0.05) is 28.1 Å². The summed E-state index contributed by atoms with van der Waals surface area (Å²) < 4.78 is 6.51. The molecule has 2 N–H and O–H groups in total. The average Bonchev–Trinajstić information content (AvgIpc) is 2.51. The van der Waals surface area contributed by atoms with Crippen molar-refractivity contribution in [1.82, 2.24) is 0 Å². The molecule has 0 unspecified atom stereocenters. The van der Waals surface area contributed by atoms with E-state index in [1.165, 1.54) is 0 Å². The normalized spacial score (nSPS) is 11.6. The molecule has 2 aromatic carbocycles. The van der Waals surface area contributed by atoms with Gasteiger partial charge in [0.25, 0.3) is 0 Å². The third-order valence-electron chi connectivity index (χ3n) is 3.07. The largest absolute Gasteiger partial charge is 0.492 e. The Morgan fingerprint density at radius 1 is 1.18 bits per heavy atom. The van der Waals surface area contributed by atoms with E-state index in [4.69, 9.17) is 4.74 Å². The zero-order valence-corrected chi connectivity index (χ0v) is 14.2. The second kappa shape index (κ2) is 7.84. The third-order valence-corrected chi connectivity index (χ3v) is 3.59. The molecule has 5 heteroatoms. The first-order chi connectivity index (χ1) is 10.6. The lowest BCUT2D eigenvalue weighted by Gasteiger charge is -2.17. The van der Waals surface area contributed by atoms with Gasteiger partial charge in [-0.3, -0.25) is 4.79 Å². The summed E-state index contributed by atoms with van der Waals surface area (Å²) >= 11 is 3.39. The highest BCUT2D eigenvalue weighted by Crippen LogP contribution is 2.24. The number of benzene rings is 2. The predicted molar refractivity (Wildman–Crippen MR) is 93.5 cm³/mol. The highest BCUT2D eigenvalue weighted by Gasteiger charge is 2.14. The van der Waals surface area contributed by atoms with E-state index < -0.39 is 0 Å². The number of carbonyl (C=O) groups is 1. The predicted octanol–water partition coefficient (Wildman–Crippen LogP) is 4.29. The van der Waals surface area contributed by atoms with Gasteiger partial charge in [0.15, 0.2) is 0 Å². The molecular weight excluding hydrogens is 344 g/mol. The van der Waals surface area contributed by atoms with Gasteiger partial charge in [0.1, 0.15) is 11.8 Å². The number of nitrogens with one attached hydrogen (secondary N) is 2. The maximum absolute atomic E-state index is 12.3. The molecule has 1 amide bonds. The molecular formula is C17H19BrN2O2. The van der Waals surface area contributed by atoms with E-state index in [1.807, 2.05) is 62.4 Å². The van der Waals surface area contributed by atoms with E-state index in [2.05, 4.69) is 26.6 Å². The van der Waals surface area contributed by atoms with Crippen molar-refractivity contribution >= 4 is 33.2 Å². The van der Waals surface area contributed by atoms with Crippen molar-refractivity contribution in [1.29, 1.82) is 0 Å². The topological polar surface area (TPSA) is 50.4 Å². The fourth-order valence-electron chi connectivity index (χ4n) is 1.95. The third kappa shape index (κ3) is 4.49. The Morgan fingerprint density at radius 3 is 2.55 bits per heavy atom. The molecule has 4 nitrogen and oxygen atoms in total. The van der Waals surface area contributed by atoms with Crippen LogP contribution in [0.1, 0.15) is 13.8 Å². The van der Waals surface area contributed by atoms with Crippen LogP contribution in [0.2, 0.25) is 0 Å². The number of hydrogen-bond acceptors (Lipinski definition) is 3. The summed E-state index contributed by atoms with van der Waals surface area (Å²) in [6, 6.07) is 14.7. The monoisotopic (exact) mass is 362 g/mol.